The zero-order chi connectivity index (χ0) is 14.2. The predicted molar refractivity (Wildman–Crippen MR) is 74.7 cm³/mol. The second kappa shape index (κ2) is 5.13. The summed E-state index contributed by atoms with van der Waals surface area (Å²) in [7, 11) is 1.76. The Morgan fingerprint density at radius 2 is 2.11 bits per heavy atom. The van der Waals surface area contributed by atoms with Crippen LogP contribution >= 0.6 is 15.9 Å². The second-order valence-electron chi connectivity index (χ2n) is 4.28. The fourth-order valence-corrected chi connectivity index (χ4v) is 2.19. The first kappa shape index (κ1) is 13.7. The molecule has 0 saturated heterocycles. The Morgan fingerprint density at radius 1 is 1.42 bits per heavy atom. The molecule has 1 amide bonds. The van der Waals surface area contributed by atoms with Crippen LogP contribution in [-0.4, -0.2) is 15.7 Å². The highest BCUT2D eigenvalue weighted by molar-refractivity contribution is 9.10. The number of rotatable bonds is 2. The number of hydrogen-bond donors (Lipinski definition) is 1. The molecule has 1 N–H and O–H groups in total. The molecule has 2 aromatic rings. The van der Waals surface area contributed by atoms with Crippen molar-refractivity contribution in [3.05, 3.63) is 45.4 Å². The number of carbonyl (C=O) groups is 1. The first-order valence-electron chi connectivity index (χ1n) is 5.66. The van der Waals surface area contributed by atoms with E-state index in [-0.39, 0.29) is 11.7 Å². The minimum Gasteiger partial charge on any atom is -0.320 e. The SMILES string of the molecule is Cc1cc(F)ccc1NC(=O)c1nn(C)c(C)c1Br. The van der Waals surface area contributed by atoms with E-state index in [0.717, 1.165) is 5.69 Å². The number of carbonyl (C=O) groups excluding carboxylic acids is 1. The Bertz CT molecular complexity index is 652. The molecule has 0 aliphatic rings. The summed E-state index contributed by atoms with van der Waals surface area (Å²) in [5, 5.41) is 6.86. The van der Waals surface area contributed by atoms with E-state index >= 15 is 0 Å². The lowest BCUT2D eigenvalue weighted by Gasteiger charge is -2.07. The second-order valence-corrected chi connectivity index (χ2v) is 5.08. The summed E-state index contributed by atoms with van der Waals surface area (Å²) in [6.07, 6.45) is 0. The van der Waals surface area contributed by atoms with Gasteiger partial charge in [-0.1, -0.05) is 0 Å². The first-order valence-corrected chi connectivity index (χ1v) is 6.46. The molecule has 1 aromatic heterocycles. The molecule has 0 spiro atoms. The molecule has 100 valence electrons. The third-order valence-corrected chi connectivity index (χ3v) is 3.86. The average molecular weight is 326 g/mol. The van der Waals surface area contributed by atoms with E-state index in [9.17, 15) is 9.18 Å². The summed E-state index contributed by atoms with van der Waals surface area (Å²) >= 11 is 3.34. The van der Waals surface area contributed by atoms with Gasteiger partial charge in [-0.25, -0.2) is 4.39 Å². The van der Waals surface area contributed by atoms with Crippen molar-refractivity contribution in [3.63, 3.8) is 0 Å². The summed E-state index contributed by atoms with van der Waals surface area (Å²) in [5.41, 5.74) is 2.41. The van der Waals surface area contributed by atoms with Crippen molar-refractivity contribution >= 4 is 27.5 Å². The van der Waals surface area contributed by atoms with Gasteiger partial charge in [-0.05, 0) is 53.5 Å². The summed E-state index contributed by atoms with van der Waals surface area (Å²) in [6.45, 7) is 3.59. The van der Waals surface area contributed by atoms with Crippen molar-refractivity contribution in [2.45, 2.75) is 13.8 Å². The van der Waals surface area contributed by atoms with Crippen molar-refractivity contribution in [3.8, 4) is 0 Å². The van der Waals surface area contributed by atoms with E-state index in [1.54, 1.807) is 18.7 Å². The maximum Gasteiger partial charge on any atom is 0.277 e. The average Bonchev–Trinajstić information content (AvgIpc) is 2.60. The molecule has 2 rings (SSSR count). The summed E-state index contributed by atoms with van der Waals surface area (Å²) in [6, 6.07) is 4.21. The predicted octanol–water partition coefficient (Wildman–Crippen LogP) is 3.19. The Kier molecular flexibility index (Phi) is 3.71. The highest BCUT2D eigenvalue weighted by Gasteiger charge is 2.18. The molecule has 0 aliphatic heterocycles. The lowest BCUT2D eigenvalue weighted by atomic mass is 10.2. The van der Waals surface area contributed by atoms with Crippen LogP contribution in [0.5, 0.6) is 0 Å². The third-order valence-electron chi connectivity index (χ3n) is 2.91. The smallest absolute Gasteiger partial charge is 0.277 e. The monoisotopic (exact) mass is 325 g/mol. The Hall–Kier alpha value is -1.69. The Morgan fingerprint density at radius 3 is 2.63 bits per heavy atom. The van der Waals surface area contributed by atoms with Gasteiger partial charge < -0.3 is 5.32 Å². The number of hydrogen-bond acceptors (Lipinski definition) is 2. The molecule has 0 unspecified atom stereocenters. The van der Waals surface area contributed by atoms with Crippen LogP contribution < -0.4 is 5.32 Å². The number of nitrogens with zero attached hydrogens (tertiary/aromatic N) is 2. The standard InChI is InChI=1S/C13H13BrFN3O/c1-7-6-9(15)4-5-10(7)16-13(19)12-11(14)8(2)18(3)17-12/h4-6H,1-3H3,(H,16,19). The van der Waals surface area contributed by atoms with Gasteiger partial charge in [0.15, 0.2) is 5.69 Å². The molecule has 19 heavy (non-hydrogen) atoms. The van der Waals surface area contributed by atoms with Gasteiger partial charge in [0.1, 0.15) is 5.82 Å². The maximum atomic E-state index is 13.0. The molecule has 0 bridgehead atoms. The van der Waals surface area contributed by atoms with Crippen LogP contribution in [0.4, 0.5) is 10.1 Å². The van der Waals surface area contributed by atoms with E-state index in [1.807, 2.05) is 6.92 Å². The van der Waals surface area contributed by atoms with Gasteiger partial charge in [0, 0.05) is 12.7 Å². The zero-order valence-corrected chi connectivity index (χ0v) is 12.4. The van der Waals surface area contributed by atoms with Crippen LogP contribution in [0.1, 0.15) is 21.7 Å². The zero-order valence-electron chi connectivity index (χ0n) is 10.8. The largest absolute Gasteiger partial charge is 0.320 e. The lowest BCUT2D eigenvalue weighted by molar-refractivity contribution is 0.102. The minimum atomic E-state index is -0.328. The minimum absolute atomic E-state index is 0.309. The van der Waals surface area contributed by atoms with Crippen LogP contribution in [0.25, 0.3) is 0 Å². The normalized spacial score (nSPS) is 10.6. The van der Waals surface area contributed by atoms with Gasteiger partial charge in [0.2, 0.25) is 0 Å². The van der Waals surface area contributed by atoms with E-state index < -0.39 is 0 Å². The van der Waals surface area contributed by atoms with Crippen molar-refractivity contribution in [1.29, 1.82) is 0 Å². The van der Waals surface area contributed by atoms with Gasteiger partial charge in [-0.15, -0.1) is 0 Å². The number of aryl methyl sites for hydroxylation is 2. The van der Waals surface area contributed by atoms with Gasteiger partial charge in [-0.3, -0.25) is 9.48 Å². The highest BCUT2D eigenvalue weighted by Crippen LogP contribution is 2.22. The topological polar surface area (TPSA) is 46.9 Å². The fraction of sp³-hybridized carbons (Fsp3) is 0.231. The number of benzene rings is 1. The van der Waals surface area contributed by atoms with Gasteiger partial charge in [0.05, 0.1) is 10.2 Å². The molecule has 0 aliphatic carbocycles. The van der Waals surface area contributed by atoms with E-state index in [2.05, 4.69) is 26.3 Å². The Labute approximate surface area is 118 Å². The molecule has 0 fully saturated rings. The fourth-order valence-electron chi connectivity index (χ4n) is 1.68. The molecule has 1 heterocycles. The third kappa shape index (κ3) is 2.68. The molecule has 0 saturated carbocycles. The first-order chi connectivity index (χ1) is 8.90. The van der Waals surface area contributed by atoms with E-state index in [4.69, 9.17) is 0 Å². The van der Waals surface area contributed by atoms with Gasteiger partial charge in [0.25, 0.3) is 5.91 Å². The summed E-state index contributed by atoms with van der Waals surface area (Å²) < 4.78 is 15.3. The molecule has 6 heteroatoms. The molecule has 0 atom stereocenters. The van der Waals surface area contributed by atoms with Crippen LogP contribution in [0.2, 0.25) is 0 Å². The van der Waals surface area contributed by atoms with Crippen LogP contribution in [0.15, 0.2) is 22.7 Å². The van der Waals surface area contributed by atoms with Crippen molar-refractivity contribution in [2.24, 2.45) is 7.05 Å². The summed E-state index contributed by atoms with van der Waals surface area (Å²) in [4.78, 5) is 12.1. The van der Waals surface area contributed by atoms with E-state index in [1.165, 1.54) is 18.2 Å². The number of aromatic nitrogens is 2. The molecule has 4 nitrogen and oxygen atoms in total. The van der Waals surface area contributed by atoms with Gasteiger partial charge in [-0.2, -0.15) is 5.10 Å². The quantitative estimate of drug-likeness (QED) is 0.921. The van der Waals surface area contributed by atoms with Crippen LogP contribution in [-0.2, 0) is 7.05 Å². The van der Waals surface area contributed by atoms with Crippen molar-refractivity contribution in [2.75, 3.05) is 5.32 Å². The molecular weight excluding hydrogens is 313 g/mol. The van der Waals surface area contributed by atoms with Crippen molar-refractivity contribution in [1.82, 2.24) is 9.78 Å². The van der Waals surface area contributed by atoms with Crippen molar-refractivity contribution < 1.29 is 9.18 Å². The Balaban J connectivity index is 2.28. The van der Waals surface area contributed by atoms with Crippen LogP contribution in [0.3, 0.4) is 0 Å². The number of halogens is 2. The molecule has 0 radical (unpaired) electrons. The van der Waals surface area contributed by atoms with Gasteiger partial charge >= 0.3 is 0 Å². The number of amides is 1. The number of anilines is 1. The lowest BCUT2D eigenvalue weighted by Crippen LogP contribution is -2.14. The van der Waals surface area contributed by atoms with Crippen LogP contribution in [0, 0.1) is 19.7 Å². The maximum absolute atomic E-state index is 13.0. The molecular formula is C13H13BrFN3O. The highest BCUT2D eigenvalue weighted by atomic mass is 79.9. The number of nitrogens with one attached hydrogen (secondary N) is 1. The van der Waals surface area contributed by atoms with E-state index in [0.29, 0.717) is 21.4 Å². The summed E-state index contributed by atoms with van der Waals surface area (Å²) in [5.74, 6) is -0.657. The molecule has 1 aromatic carbocycles.